The van der Waals surface area contributed by atoms with Crippen LogP contribution in [0.1, 0.15) is 11.4 Å². The molecule has 0 aliphatic carbocycles. The molecule has 1 aromatic heterocycles. The highest BCUT2D eigenvalue weighted by Crippen LogP contribution is 2.28. The van der Waals surface area contributed by atoms with Crippen LogP contribution in [0.15, 0.2) is 24.5 Å². The standard InChI is InChI=1S/C11H13ClN4O/c1-16-7-14-15-10(16)6-17-11-8(5-13)3-2-4-9(11)12/h2-4,7H,5-6,13H2,1H3. The first-order chi connectivity index (χ1) is 8.22. The van der Waals surface area contributed by atoms with Crippen molar-refractivity contribution in [3.05, 3.63) is 40.9 Å². The van der Waals surface area contributed by atoms with Crippen molar-refractivity contribution in [1.29, 1.82) is 0 Å². The largest absolute Gasteiger partial charge is 0.484 e. The summed E-state index contributed by atoms with van der Waals surface area (Å²) in [6.45, 7) is 0.696. The summed E-state index contributed by atoms with van der Waals surface area (Å²) in [4.78, 5) is 0. The van der Waals surface area contributed by atoms with Gasteiger partial charge in [0.1, 0.15) is 18.7 Å². The Bertz CT molecular complexity index is 512. The van der Waals surface area contributed by atoms with E-state index in [1.54, 1.807) is 17.0 Å². The molecule has 0 atom stereocenters. The van der Waals surface area contributed by atoms with Gasteiger partial charge in [0, 0.05) is 19.2 Å². The van der Waals surface area contributed by atoms with Gasteiger partial charge in [-0.3, -0.25) is 0 Å². The van der Waals surface area contributed by atoms with Crippen LogP contribution in [0.25, 0.3) is 0 Å². The zero-order valence-corrected chi connectivity index (χ0v) is 10.2. The van der Waals surface area contributed by atoms with Crippen LogP contribution >= 0.6 is 11.6 Å². The van der Waals surface area contributed by atoms with Crippen LogP contribution in [0.2, 0.25) is 5.02 Å². The minimum atomic E-state index is 0.313. The second-order valence-corrected chi connectivity index (χ2v) is 3.99. The summed E-state index contributed by atoms with van der Waals surface area (Å²) in [5.41, 5.74) is 6.50. The fourth-order valence-electron chi connectivity index (χ4n) is 1.45. The lowest BCUT2D eigenvalue weighted by atomic mass is 10.2. The lowest BCUT2D eigenvalue weighted by molar-refractivity contribution is 0.288. The first-order valence-corrected chi connectivity index (χ1v) is 5.53. The summed E-state index contributed by atoms with van der Waals surface area (Å²) < 4.78 is 7.44. The molecular weight excluding hydrogens is 240 g/mol. The van der Waals surface area contributed by atoms with E-state index in [0.717, 1.165) is 11.4 Å². The van der Waals surface area contributed by atoms with Gasteiger partial charge in [0.05, 0.1) is 5.02 Å². The van der Waals surface area contributed by atoms with Gasteiger partial charge in [0.25, 0.3) is 0 Å². The predicted molar refractivity (Wildman–Crippen MR) is 64.7 cm³/mol. The highest BCUT2D eigenvalue weighted by atomic mass is 35.5. The Balaban J connectivity index is 2.16. The van der Waals surface area contributed by atoms with Crippen molar-refractivity contribution in [3.63, 3.8) is 0 Å². The predicted octanol–water partition coefficient (Wildman–Crippen LogP) is 1.51. The molecule has 6 heteroatoms. The van der Waals surface area contributed by atoms with Crippen LogP contribution < -0.4 is 10.5 Å². The molecule has 2 aromatic rings. The average molecular weight is 253 g/mol. The number of aromatic nitrogens is 3. The van der Waals surface area contributed by atoms with E-state index < -0.39 is 0 Å². The molecule has 2 rings (SSSR count). The molecule has 0 radical (unpaired) electrons. The monoisotopic (exact) mass is 252 g/mol. The van der Waals surface area contributed by atoms with Crippen molar-refractivity contribution in [3.8, 4) is 5.75 Å². The highest BCUT2D eigenvalue weighted by Gasteiger charge is 2.09. The normalized spacial score (nSPS) is 10.5. The van der Waals surface area contributed by atoms with E-state index in [4.69, 9.17) is 22.1 Å². The van der Waals surface area contributed by atoms with Gasteiger partial charge in [-0.25, -0.2) is 0 Å². The molecule has 2 N–H and O–H groups in total. The quantitative estimate of drug-likeness (QED) is 0.896. The van der Waals surface area contributed by atoms with Crippen molar-refractivity contribution in [1.82, 2.24) is 14.8 Å². The Morgan fingerprint density at radius 3 is 2.94 bits per heavy atom. The maximum atomic E-state index is 6.06. The van der Waals surface area contributed by atoms with E-state index in [-0.39, 0.29) is 0 Å². The minimum Gasteiger partial charge on any atom is -0.484 e. The Kier molecular flexibility index (Phi) is 3.61. The van der Waals surface area contributed by atoms with E-state index in [1.807, 2.05) is 19.2 Å². The van der Waals surface area contributed by atoms with E-state index in [2.05, 4.69) is 10.2 Å². The number of hydrogen-bond donors (Lipinski definition) is 1. The zero-order chi connectivity index (χ0) is 12.3. The van der Waals surface area contributed by atoms with Crippen LogP contribution in [0.4, 0.5) is 0 Å². The molecule has 0 saturated heterocycles. The number of halogens is 1. The average Bonchev–Trinajstić information content (AvgIpc) is 2.73. The second kappa shape index (κ2) is 5.16. The molecule has 0 spiro atoms. The summed E-state index contributed by atoms with van der Waals surface area (Å²) in [7, 11) is 1.86. The molecule has 1 aromatic carbocycles. The number of para-hydroxylation sites is 1. The van der Waals surface area contributed by atoms with Gasteiger partial charge in [0.15, 0.2) is 5.82 Å². The van der Waals surface area contributed by atoms with Crippen molar-refractivity contribution < 1.29 is 4.74 Å². The van der Waals surface area contributed by atoms with Gasteiger partial charge in [0.2, 0.25) is 0 Å². The van der Waals surface area contributed by atoms with E-state index in [0.29, 0.717) is 23.9 Å². The minimum absolute atomic E-state index is 0.313. The smallest absolute Gasteiger partial charge is 0.170 e. The topological polar surface area (TPSA) is 66.0 Å². The molecule has 17 heavy (non-hydrogen) atoms. The first kappa shape index (κ1) is 11.9. The molecular formula is C11H13ClN4O. The van der Waals surface area contributed by atoms with E-state index in [9.17, 15) is 0 Å². The van der Waals surface area contributed by atoms with Crippen molar-refractivity contribution in [2.45, 2.75) is 13.2 Å². The summed E-state index contributed by atoms with van der Waals surface area (Å²) in [5.74, 6) is 1.34. The van der Waals surface area contributed by atoms with Crippen molar-refractivity contribution in [2.24, 2.45) is 12.8 Å². The number of hydrogen-bond acceptors (Lipinski definition) is 4. The molecule has 0 aliphatic heterocycles. The van der Waals surface area contributed by atoms with Crippen LogP contribution in [0, 0.1) is 0 Å². The molecule has 0 bridgehead atoms. The van der Waals surface area contributed by atoms with Gasteiger partial charge >= 0.3 is 0 Å². The third-order valence-electron chi connectivity index (χ3n) is 2.42. The Morgan fingerprint density at radius 1 is 1.47 bits per heavy atom. The number of nitrogens with two attached hydrogens (primary N) is 1. The molecule has 0 fully saturated rings. The highest BCUT2D eigenvalue weighted by molar-refractivity contribution is 6.32. The third kappa shape index (κ3) is 2.57. The molecule has 0 amide bonds. The van der Waals surface area contributed by atoms with Crippen LogP contribution in [-0.4, -0.2) is 14.8 Å². The summed E-state index contributed by atoms with van der Waals surface area (Å²) in [5, 5.41) is 8.25. The Morgan fingerprint density at radius 2 is 2.29 bits per heavy atom. The number of benzene rings is 1. The van der Waals surface area contributed by atoms with Gasteiger partial charge in [-0.1, -0.05) is 23.7 Å². The van der Waals surface area contributed by atoms with Gasteiger partial charge in [-0.2, -0.15) is 0 Å². The van der Waals surface area contributed by atoms with Gasteiger partial charge in [-0.05, 0) is 6.07 Å². The summed E-state index contributed by atoms with van der Waals surface area (Å²) in [6.07, 6.45) is 1.62. The fraction of sp³-hybridized carbons (Fsp3) is 0.273. The van der Waals surface area contributed by atoms with E-state index in [1.165, 1.54) is 0 Å². The van der Waals surface area contributed by atoms with E-state index >= 15 is 0 Å². The van der Waals surface area contributed by atoms with Crippen molar-refractivity contribution in [2.75, 3.05) is 0 Å². The number of rotatable bonds is 4. The van der Waals surface area contributed by atoms with Crippen LogP contribution in [-0.2, 0) is 20.2 Å². The molecule has 1 heterocycles. The molecule has 90 valence electrons. The maximum absolute atomic E-state index is 6.06. The SMILES string of the molecule is Cn1cnnc1COc1c(Cl)cccc1CN. The Hall–Kier alpha value is -1.59. The molecule has 0 aliphatic rings. The third-order valence-corrected chi connectivity index (χ3v) is 2.72. The zero-order valence-electron chi connectivity index (χ0n) is 9.43. The van der Waals surface area contributed by atoms with Crippen LogP contribution in [0.5, 0.6) is 5.75 Å². The molecule has 5 nitrogen and oxygen atoms in total. The van der Waals surface area contributed by atoms with Gasteiger partial charge < -0.3 is 15.0 Å². The second-order valence-electron chi connectivity index (χ2n) is 3.58. The lowest BCUT2D eigenvalue weighted by Gasteiger charge is -2.11. The Labute approximate surface area is 104 Å². The number of nitrogens with zero attached hydrogens (tertiary/aromatic N) is 3. The lowest BCUT2D eigenvalue weighted by Crippen LogP contribution is -2.06. The summed E-state index contributed by atoms with van der Waals surface area (Å²) in [6, 6.07) is 5.50. The molecule has 0 saturated carbocycles. The first-order valence-electron chi connectivity index (χ1n) is 5.15. The summed E-state index contributed by atoms with van der Waals surface area (Å²) >= 11 is 6.06. The fourth-order valence-corrected chi connectivity index (χ4v) is 1.70. The number of aryl methyl sites for hydroxylation is 1. The van der Waals surface area contributed by atoms with Crippen molar-refractivity contribution >= 4 is 11.6 Å². The number of ether oxygens (including phenoxy) is 1. The van der Waals surface area contributed by atoms with Crippen LogP contribution in [0.3, 0.4) is 0 Å². The maximum Gasteiger partial charge on any atom is 0.170 e. The van der Waals surface area contributed by atoms with Gasteiger partial charge in [-0.15, -0.1) is 10.2 Å². The molecule has 0 unspecified atom stereocenters.